The smallest absolute Gasteiger partial charge is 0.326 e. The normalized spacial score (nSPS) is 12.2. The molecular formula is C13H27N3O4. The summed E-state index contributed by atoms with van der Waals surface area (Å²) < 4.78 is 4.86. The molecule has 0 aromatic heterocycles. The number of aliphatic carboxylic acids is 1. The molecule has 20 heavy (non-hydrogen) atoms. The van der Waals surface area contributed by atoms with Crippen LogP contribution in [0.4, 0.5) is 4.79 Å². The van der Waals surface area contributed by atoms with Gasteiger partial charge in [-0.3, -0.25) is 0 Å². The minimum Gasteiger partial charge on any atom is -0.480 e. The standard InChI is InChI=1S/C13H27N3O4/c1-16(2)9-5-4-8-14-13(19)15-11(12(17)18)7-6-10-20-3/h11H,4-10H2,1-3H3,(H,17,18)(H2,14,15,19). The summed E-state index contributed by atoms with van der Waals surface area (Å²) in [6, 6.07) is -1.30. The van der Waals surface area contributed by atoms with Crippen LogP contribution in [0.1, 0.15) is 25.7 Å². The number of methoxy groups -OCH3 is 1. The number of urea groups is 1. The molecule has 7 heteroatoms. The van der Waals surface area contributed by atoms with Gasteiger partial charge in [0.25, 0.3) is 0 Å². The molecule has 0 aromatic rings. The van der Waals surface area contributed by atoms with Crippen molar-refractivity contribution in [3.63, 3.8) is 0 Å². The number of hydrogen-bond donors (Lipinski definition) is 3. The molecule has 0 saturated heterocycles. The number of amides is 2. The molecule has 0 aliphatic rings. The van der Waals surface area contributed by atoms with Crippen LogP contribution >= 0.6 is 0 Å². The van der Waals surface area contributed by atoms with E-state index in [0.717, 1.165) is 19.4 Å². The summed E-state index contributed by atoms with van der Waals surface area (Å²) in [5.74, 6) is -1.02. The maximum absolute atomic E-state index is 11.6. The molecule has 0 aliphatic heterocycles. The summed E-state index contributed by atoms with van der Waals surface area (Å²) in [6.45, 7) is 2.00. The van der Waals surface area contributed by atoms with Crippen LogP contribution in [0.3, 0.4) is 0 Å². The van der Waals surface area contributed by atoms with Gasteiger partial charge in [0.2, 0.25) is 0 Å². The summed E-state index contributed by atoms with van der Waals surface area (Å²) in [5.41, 5.74) is 0. The van der Waals surface area contributed by atoms with Gasteiger partial charge in [0.05, 0.1) is 0 Å². The fourth-order valence-corrected chi connectivity index (χ4v) is 1.65. The van der Waals surface area contributed by atoms with Crippen molar-refractivity contribution < 1.29 is 19.4 Å². The van der Waals surface area contributed by atoms with Crippen molar-refractivity contribution >= 4 is 12.0 Å². The molecule has 0 heterocycles. The van der Waals surface area contributed by atoms with Crippen molar-refractivity contribution in [3.8, 4) is 0 Å². The van der Waals surface area contributed by atoms with Gasteiger partial charge in [-0.05, 0) is 46.3 Å². The number of hydrogen-bond acceptors (Lipinski definition) is 4. The number of nitrogens with one attached hydrogen (secondary N) is 2. The fourth-order valence-electron chi connectivity index (χ4n) is 1.65. The van der Waals surface area contributed by atoms with E-state index in [4.69, 9.17) is 9.84 Å². The van der Waals surface area contributed by atoms with Gasteiger partial charge in [0.15, 0.2) is 0 Å². The van der Waals surface area contributed by atoms with Gasteiger partial charge in [-0.25, -0.2) is 9.59 Å². The van der Waals surface area contributed by atoms with Gasteiger partial charge in [0, 0.05) is 20.3 Å². The highest BCUT2D eigenvalue weighted by Gasteiger charge is 2.18. The Kier molecular flexibility index (Phi) is 10.7. The summed E-state index contributed by atoms with van der Waals surface area (Å²) in [7, 11) is 5.55. The number of ether oxygens (including phenoxy) is 1. The second kappa shape index (κ2) is 11.5. The van der Waals surface area contributed by atoms with Crippen molar-refractivity contribution in [2.75, 3.05) is 40.9 Å². The number of rotatable bonds is 11. The van der Waals surface area contributed by atoms with Crippen LogP contribution in [0.25, 0.3) is 0 Å². The topological polar surface area (TPSA) is 90.9 Å². The Balaban J connectivity index is 3.81. The number of carbonyl (C=O) groups is 2. The zero-order valence-corrected chi connectivity index (χ0v) is 12.6. The Hall–Kier alpha value is -1.34. The molecule has 0 bridgehead atoms. The average molecular weight is 289 g/mol. The molecule has 0 radical (unpaired) electrons. The van der Waals surface area contributed by atoms with E-state index in [1.807, 2.05) is 14.1 Å². The third-order valence-corrected chi connectivity index (χ3v) is 2.76. The largest absolute Gasteiger partial charge is 0.480 e. The first-order chi connectivity index (χ1) is 9.47. The number of unbranched alkanes of at least 4 members (excludes halogenated alkanes) is 1. The Morgan fingerprint density at radius 3 is 2.50 bits per heavy atom. The number of carbonyl (C=O) groups excluding carboxylic acids is 1. The van der Waals surface area contributed by atoms with Crippen LogP contribution in [0.5, 0.6) is 0 Å². The third kappa shape index (κ3) is 10.6. The molecule has 0 saturated carbocycles. The van der Waals surface area contributed by atoms with Gasteiger partial charge in [0.1, 0.15) is 6.04 Å². The van der Waals surface area contributed by atoms with Crippen LogP contribution in [-0.4, -0.2) is 69.0 Å². The molecule has 118 valence electrons. The lowest BCUT2D eigenvalue weighted by Gasteiger charge is -2.15. The Morgan fingerprint density at radius 1 is 1.25 bits per heavy atom. The minimum atomic E-state index is -1.02. The molecule has 3 N–H and O–H groups in total. The van der Waals surface area contributed by atoms with Gasteiger partial charge in [-0.15, -0.1) is 0 Å². The highest BCUT2D eigenvalue weighted by Crippen LogP contribution is 1.98. The van der Waals surface area contributed by atoms with Crippen LogP contribution in [0.15, 0.2) is 0 Å². The first kappa shape index (κ1) is 18.7. The third-order valence-electron chi connectivity index (χ3n) is 2.76. The molecular weight excluding hydrogens is 262 g/mol. The van der Waals surface area contributed by atoms with E-state index >= 15 is 0 Å². The minimum absolute atomic E-state index is 0.358. The molecule has 1 unspecified atom stereocenters. The lowest BCUT2D eigenvalue weighted by molar-refractivity contribution is -0.139. The van der Waals surface area contributed by atoms with E-state index < -0.39 is 18.0 Å². The summed E-state index contributed by atoms with van der Waals surface area (Å²) in [4.78, 5) is 24.6. The fraction of sp³-hybridized carbons (Fsp3) is 0.846. The lowest BCUT2D eigenvalue weighted by Crippen LogP contribution is -2.46. The van der Waals surface area contributed by atoms with E-state index in [0.29, 0.717) is 26.0 Å². The van der Waals surface area contributed by atoms with Crippen molar-refractivity contribution in [2.45, 2.75) is 31.7 Å². The van der Waals surface area contributed by atoms with Gasteiger partial charge < -0.3 is 25.4 Å². The SMILES string of the molecule is COCCCC(NC(=O)NCCCCN(C)C)C(=O)O. The second-order valence-corrected chi connectivity index (χ2v) is 4.94. The molecule has 0 aromatic carbocycles. The highest BCUT2D eigenvalue weighted by atomic mass is 16.5. The number of carboxylic acids is 1. The molecule has 0 aliphatic carbocycles. The molecule has 0 spiro atoms. The second-order valence-electron chi connectivity index (χ2n) is 4.94. The van der Waals surface area contributed by atoms with Gasteiger partial charge in [-0.1, -0.05) is 0 Å². The molecule has 0 rings (SSSR count). The molecule has 2 amide bonds. The first-order valence-corrected chi connectivity index (χ1v) is 6.88. The maximum Gasteiger partial charge on any atom is 0.326 e. The highest BCUT2D eigenvalue weighted by molar-refractivity contribution is 5.82. The number of nitrogens with zero attached hydrogens (tertiary/aromatic N) is 1. The monoisotopic (exact) mass is 289 g/mol. The molecule has 0 fully saturated rings. The van der Waals surface area contributed by atoms with Crippen molar-refractivity contribution in [2.24, 2.45) is 0 Å². The Bertz CT molecular complexity index is 285. The van der Waals surface area contributed by atoms with Gasteiger partial charge in [-0.2, -0.15) is 0 Å². The van der Waals surface area contributed by atoms with E-state index in [1.165, 1.54) is 0 Å². The predicted molar refractivity (Wildman–Crippen MR) is 76.9 cm³/mol. The van der Waals surface area contributed by atoms with Crippen LogP contribution in [0, 0.1) is 0 Å². The predicted octanol–water partition coefficient (Wildman–Crippen LogP) is 0.507. The van der Waals surface area contributed by atoms with Gasteiger partial charge >= 0.3 is 12.0 Å². The van der Waals surface area contributed by atoms with E-state index in [-0.39, 0.29) is 0 Å². The maximum atomic E-state index is 11.6. The van der Waals surface area contributed by atoms with Crippen LogP contribution in [0.2, 0.25) is 0 Å². The quantitative estimate of drug-likeness (QED) is 0.482. The van der Waals surface area contributed by atoms with Crippen molar-refractivity contribution in [1.29, 1.82) is 0 Å². The molecule has 1 atom stereocenters. The van der Waals surface area contributed by atoms with Crippen molar-refractivity contribution in [3.05, 3.63) is 0 Å². The summed E-state index contributed by atoms with van der Waals surface area (Å²) in [5, 5.41) is 14.1. The zero-order chi connectivity index (χ0) is 15.4. The van der Waals surface area contributed by atoms with E-state index in [9.17, 15) is 9.59 Å². The first-order valence-electron chi connectivity index (χ1n) is 6.88. The summed E-state index contributed by atoms with van der Waals surface area (Å²) >= 11 is 0. The lowest BCUT2D eigenvalue weighted by atomic mass is 10.1. The number of carboxylic acid groups (broad SMARTS) is 1. The summed E-state index contributed by atoms with van der Waals surface area (Å²) in [6.07, 6.45) is 2.81. The van der Waals surface area contributed by atoms with E-state index in [2.05, 4.69) is 15.5 Å². The Morgan fingerprint density at radius 2 is 1.95 bits per heavy atom. The Labute approximate surface area is 120 Å². The van der Waals surface area contributed by atoms with Crippen LogP contribution < -0.4 is 10.6 Å². The van der Waals surface area contributed by atoms with E-state index in [1.54, 1.807) is 7.11 Å². The average Bonchev–Trinajstić information content (AvgIpc) is 2.36. The molecule has 7 nitrogen and oxygen atoms in total. The van der Waals surface area contributed by atoms with Crippen LogP contribution in [-0.2, 0) is 9.53 Å². The van der Waals surface area contributed by atoms with Crippen molar-refractivity contribution in [1.82, 2.24) is 15.5 Å². The zero-order valence-electron chi connectivity index (χ0n) is 12.6.